The van der Waals surface area contributed by atoms with Crippen molar-refractivity contribution < 1.29 is 4.79 Å². The first-order valence-corrected chi connectivity index (χ1v) is 7.38. The molecule has 2 aromatic rings. The van der Waals surface area contributed by atoms with Gasteiger partial charge in [0.15, 0.2) is 11.6 Å². The van der Waals surface area contributed by atoms with Crippen LogP contribution in [-0.4, -0.2) is 16.1 Å². The summed E-state index contributed by atoms with van der Waals surface area (Å²) in [4.78, 5) is 11.9. The molecule has 5 nitrogen and oxygen atoms in total. The summed E-state index contributed by atoms with van der Waals surface area (Å²) < 4.78 is 0. The summed E-state index contributed by atoms with van der Waals surface area (Å²) in [6.07, 6.45) is 0. The van der Waals surface area contributed by atoms with Crippen molar-refractivity contribution in [1.82, 2.24) is 10.2 Å². The summed E-state index contributed by atoms with van der Waals surface area (Å²) in [7, 11) is 0. The number of carbonyl (C=O) groups excluding carboxylic acids is 1. The Hall–Kier alpha value is -1.85. The molecule has 0 fully saturated rings. The van der Waals surface area contributed by atoms with E-state index in [1.54, 1.807) is 30.3 Å². The minimum Gasteiger partial charge on any atom is -0.338 e. The largest absolute Gasteiger partial charge is 0.338 e. The fourth-order valence-corrected chi connectivity index (χ4v) is 1.95. The van der Waals surface area contributed by atoms with Gasteiger partial charge in [-0.25, -0.2) is 0 Å². The molecule has 0 saturated carbocycles. The predicted octanol–water partition coefficient (Wildman–Crippen LogP) is 4.51. The Morgan fingerprint density at radius 3 is 2.23 bits per heavy atom. The molecule has 0 saturated heterocycles. The normalized spacial score (nSPS) is 11.1. The lowest BCUT2D eigenvalue weighted by atomic mass is 9.96. The lowest BCUT2D eigenvalue weighted by Gasteiger charge is -2.16. The Morgan fingerprint density at radius 2 is 1.68 bits per heavy atom. The highest BCUT2D eigenvalue weighted by Crippen LogP contribution is 2.27. The van der Waals surface area contributed by atoms with Gasteiger partial charge in [0.2, 0.25) is 5.91 Å². The Bertz CT molecular complexity index is 681. The van der Waals surface area contributed by atoms with Crippen LogP contribution < -0.4 is 10.6 Å². The first-order valence-electron chi connectivity index (χ1n) is 6.63. The van der Waals surface area contributed by atoms with Gasteiger partial charge < -0.3 is 10.6 Å². The van der Waals surface area contributed by atoms with Crippen molar-refractivity contribution >= 4 is 46.4 Å². The molecule has 1 aromatic heterocycles. The van der Waals surface area contributed by atoms with Crippen LogP contribution in [0.5, 0.6) is 0 Å². The Balaban J connectivity index is 2.07. The molecule has 2 N–H and O–H groups in total. The molecule has 116 valence electrons. The van der Waals surface area contributed by atoms with Crippen molar-refractivity contribution in [3.05, 3.63) is 40.4 Å². The molecule has 22 heavy (non-hydrogen) atoms. The second-order valence-corrected chi connectivity index (χ2v) is 6.60. The first-order chi connectivity index (χ1) is 10.3. The van der Waals surface area contributed by atoms with E-state index in [0.29, 0.717) is 27.4 Å². The number of nitrogens with one attached hydrogen (secondary N) is 2. The van der Waals surface area contributed by atoms with E-state index in [4.69, 9.17) is 23.2 Å². The van der Waals surface area contributed by atoms with Gasteiger partial charge in [-0.3, -0.25) is 4.79 Å². The topological polar surface area (TPSA) is 66.9 Å². The molecule has 1 heterocycles. The fraction of sp³-hybridized carbons (Fsp3) is 0.267. The smallest absolute Gasteiger partial charge is 0.230 e. The third-order valence-corrected chi connectivity index (χ3v) is 3.33. The monoisotopic (exact) mass is 338 g/mol. The predicted molar refractivity (Wildman–Crippen MR) is 89.9 cm³/mol. The fourth-order valence-electron chi connectivity index (χ4n) is 1.50. The van der Waals surface area contributed by atoms with Gasteiger partial charge in [0.25, 0.3) is 0 Å². The highest BCUT2D eigenvalue weighted by Gasteiger charge is 2.21. The number of nitrogens with zero attached hydrogens (tertiary/aromatic N) is 2. The minimum absolute atomic E-state index is 0.122. The molecule has 0 aliphatic carbocycles. The van der Waals surface area contributed by atoms with E-state index in [9.17, 15) is 4.79 Å². The van der Waals surface area contributed by atoms with E-state index in [1.165, 1.54) is 0 Å². The van der Waals surface area contributed by atoms with Gasteiger partial charge in [0.1, 0.15) is 0 Å². The minimum atomic E-state index is -0.491. The molecular weight excluding hydrogens is 323 g/mol. The standard InChI is InChI=1S/C15H16Cl2N4O/c1-15(2,3)14(22)19-13-7-6-12(20-21-13)18-11-5-4-9(16)8-10(11)17/h4-8H,1-3H3,(H,18,20)(H,19,21,22). The number of aromatic nitrogens is 2. The zero-order valence-electron chi connectivity index (χ0n) is 12.4. The Morgan fingerprint density at radius 1 is 1.05 bits per heavy atom. The van der Waals surface area contributed by atoms with Crippen LogP contribution in [0.25, 0.3) is 0 Å². The van der Waals surface area contributed by atoms with Crippen LogP contribution >= 0.6 is 23.2 Å². The molecule has 0 bridgehead atoms. The lowest BCUT2D eigenvalue weighted by molar-refractivity contribution is -0.123. The van der Waals surface area contributed by atoms with E-state index < -0.39 is 5.41 Å². The van der Waals surface area contributed by atoms with Crippen LogP contribution in [0.2, 0.25) is 10.0 Å². The molecule has 0 aliphatic rings. The summed E-state index contributed by atoms with van der Waals surface area (Å²) in [5.41, 5.74) is 0.182. The van der Waals surface area contributed by atoms with Gasteiger partial charge in [0, 0.05) is 10.4 Å². The van der Waals surface area contributed by atoms with Crippen LogP contribution in [-0.2, 0) is 4.79 Å². The molecule has 0 spiro atoms. The first kappa shape index (κ1) is 16.5. The van der Waals surface area contributed by atoms with Crippen molar-refractivity contribution in [2.45, 2.75) is 20.8 Å². The van der Waals surface area contributed by atoms with Crippen molar-refractivity contribution in [3.8, 4) is 0 Å². The molecule has 0 aliphatic heterocycles. The number of hydrogen-bond donors (Lipinski definition) is 2. The van der Waals surface area contributed by atoms with Gasteiger partial charge in [-0.1, -0.05) is 44.0 Å². The number of rotatable bonds is 3. The quantitative estimate of drug-likeness (QED) is 0.863. The highest BCUT2D eigenvalue weighted by atomic mass is 35.5. The lowest BCUT2D eigenvalue weighted by Crippen LogP contribution is -2.28. The molecule has 1 aromatic carbocycles. The number of amides is 1. The zero-order chi connectivity index (χ0) is 16.3. The number of anilines is 3. The van der Waals surface area contributed by atoms with Crippen molar-refractivity contribution in [2.75, 3.05) is 10.6 Å². The maximum Gasteiger partial charge on any atom is 0.230 e. The van der Waals surface area contributed by atoms with Gasteiger partial charge in [-0.05, 0) is 30.3 Å². The maximum atomic E-state index is 11.9. The maximum absolute atomic E-state index is 11.9. The second-order valence-electron chi connectivity index (χ2n) is 5.76. The van der Waals surface area contributed by atoms with Crippen LogP contribution in [0.3, 0.4) is 0 Å². The van der Waals surface area contributed by atoms with Crippen molar-refractivity contribution in [2.24, 2.45) is 5.41 Å². The van der Waals surface area contributed by atoms with Crippen molar-refractivity contribution in [3.63, 3.8) is 0 Å². The van der Waals surface area contributed by atoms with Gasteiger partial charge in [0.05, 0.1) is 10.7 Å². The van der Waals surface area contributed by atoms with Crippen LogP contribution in [0.15, 0.2) is 30.3 Å². The van der Waals surface area contributed by atoms with E-state index in [2.05, 4.69) is 20.8 Å². The molecule has 0 radical (unpaired) electrons. The van der Waals surface area contributed by atoms with Gasteiger partial charge in [-0.2, -0.15) is 0 Å². The molecular formula is C15H16Cl2N4O. The third kappa shape index (κ3) is 4.32. The second kappa shape index (κ2) is 6.50. The summed E-state index contributed by atoms with van der Waals surface area (Å²) in [6.45, 7) is 5.48. The molecule has 7 heteroatoms. The summed E-state index contributed by atoms with van der Waals surface area (Å²) in [5.74, 6) is 0.786. The number of halogens is 2. The zero-order valence-corrected chi connectivity index (χ0v) is 14.0. The molecule has 0 unspecified atom stereocenters. The third-order valence-electron chi connectivity index (χ3n) is 2.78. The van der Waals surface area contributed by atoms with Gasteiger partial charge in [-0.15, -0.1) is 10.2 Å². The van der Waals surface area contributed by atoms with E-state index >= 15 is 0 Å². The average molecular weight is 339 g/mol. The summed E-state index contributed by atoms with van der Waals surface area (Å²) in [5, 5.41) is 14.8. The van der Waals surface area contributed by atoms with E-state index in [-0.39, 0.29) is 5.91 Å². The summed E-state index contributed by atoms with van der Waals surface area (Å²) in [6, 6.07) is 8.48. The number of hydrogen-bond acceptors (Lipinski definition) is 4. The Labute approximate surface area is 139 Å². The van der Waals surface area contributed by atoms with Crippen molar-refractivity contribution in [1.29, 1.82) is 0 Å². The SMILES string of the molecule is CC(C)(C)C(=O)Nc1ccc(Nc2ccc(Cl)cc2Cl)nn1. The van der Waals surface area contributed by atoms with E-state index in [0.717, 1.165) is 0 Å². The van der Waals surface area contributed by atoms with E-state index in [1.807, 2.05) is 20.8 Å². The Kier molecular flexibility index (Phi) is 4.88. The average Bonchev–Trinajstić information content (AvgIpc) is 2.43. The van der Waals surface area contributed by atoms with Crippen LogP contribution in [0.1, 0.15) is 20.8 Å². The number of carbonyl (C=O) groups is 1. The summed E-state index contributed by atoms with van der Waals surface area (Å²) >= 11 is 11.9. The number of benzene rings is 1. The molecule has 2 rings (SSSR count). The van der Waals surface area contributed by atoms with Gasteiger partial charge >= 0.3 is 0 Å². The van der Waals surface area contributed by atoms with Crippen LogP contribution in [0.4, 0.5) is 17.3 Å². The molecule has 0 atom stereocenters. The highest BCUT2D eigenvalue weighted by molar-refractivity contribution is 6.36. The van der Waals surface area contributed by atoms with Crippen LogP contribution in [0, 0.1) is 5.41 Å². The molecule has 1 amide bonds.